The summed E-state index contributed by atoms with van der Waals surface area (Å²) in [5, 5.41) is 3.33. The van der Waals surface area contributed by atoms with Gasteiger partial charge in [-0.2, -0.15) is 0 Å². The van der Waals surface area contributed by atoms with E-state index < -0.39 is 5.54 Å². The number of nitrogens with zero attached hydrogens (tertiary/aromatic N) is 1. The molecule has 0 aromatic heterocycles. The minimum Gasteiger partial charge on any atom is -0.465 e. The van der Waals surface area contributed by atoms with Crippen molar-refractivity contribution in [3.05, 3.63) is 30.3 Å². The molecule has 1 rings (SSSR count). The van der Waals surface area contributed by atoms with E-state index in [1.54, 1.807) is 0 Å². The smallest absolute Gasteiger partial charge is 0.327 e. The average molecular weight is 278 g/mol. The molecule has 1 unspecified atom stereocenters. The molecule has 112 valence electrons. The lowest BCUT2D eigenvalue weighted by atomic mass is 10.00. The molecule has 0 spiro atoms. The van der Waals surface area contributed by atoms with Crippen molar-refractivity contribution in [3.8, 4) is 0 Å². The van der Waals surface area contributed by atoms with Crippen LogP contribution in [0.25, 0.3) is 0 Å². The summed E-state index contributed by atoms with van der Waals surface area (Å²) in [5.74, 6) is -0.212. The number of hydrogen-bond donors (Lipinski definition) is 1. The van der Waals surface area contributed by atoms with Gasteiger partial charge in [-0.3, -0.25) is 5.32 Å². The highest BCUT2D eigenvalue weighted by Gasteiger charge is 2.36. The van der Waals surface area contributed by atoms with E-state index in [-0.39, 0.29) is 12.0 Å². The Hall–Kier alpha value is -1.55. The second-order valence-corrected chi connectivity index (χ2v) is 5.54. The van der Waals surface area contributed by atoms with Crippen LogP contribution in [0.4, 0.5) is 5.69 Å². The van der Waals surface area contributed by atoms with E-state index >= 15 is 0 Å². The van der Waals surface area contributed by atoms with Crippen LogP contribution in [0.5, 0.6) is 0 Å². The van der Waals surface area contributed by atoms with Crippen molar-refractivity contribution in [1.29, 1.82) is 0 Å². The predicted octanol–water partition coefficient (Wildman–Crippen LogP) is 2.44. The summed E-state index contributed by atoms with van der Waals surface area (Å²) < 4.78 is 5.22. The quantitative estimate of drug-likeness (QED) is 0.778. The molecule has 0 aliphatic heterocycles. The van der Waals surface area contributed by atoms with Crippen LogP contribution in [0.1, 0.15) is 27.7 Å². The van der Waals surface area contributed by atoms with Gasteiger partial charge in [0.1, 0.15) is 5.54 Å². The summed E-state index contributed by atoms with van der Waals surface area (Å²) in [6.07, 6.45) is 0. The first kappa shape index (κ1) is 16.5. The number of para-hydroxylation sites is 1. The minimum atomic E-state index is -0.727. The standard InChI is InChI=1S/C16H26N2O2/c1-6-20-15(19)16(4,17-13(2)3)12-18(5)14-10-8-7-9-11-14/h7-11,13,17H,6,12H2,1-5H3. The Morgan fingerprint density at radius 1 is 1.35 bits per heavy atom. The molecule has 1 aromatic carbocycles. The molecule has 1 atom stereocenters. The lowest BCUT2D eigenvalue weighted by molar-refractivity contribution is -0.150. The second kappa shape index (κ2) is 7.29. The maximum atomic E-state index is 12.3. The molecular formula is C16H26N2O2. The molecule has 20 heavy (non-hydrogen) atoms. The van der Waals surface area contributed by atoms with Crippen LogP contribution in [0.2, 0.25) is 0 Å². The van der Waals surface area contributed by atoms with Crippen molar-refractivity contribution in [3.63, 3.8) is 0 Å². The monoisotopic (exact) mass is 278 g/mol. The fraction of sp³-hybridized carbons (Fsp3) is 0.562. The number of rotatable bonds is 7. The number of carbonyl (C=O) groups is 1. The van der Waals surface area contributed by atoms with Gasteiger partial charge in [0.2, 0.25) is 0 Å². The van der Waals surface area contributed by atoms with E-state index in [1.807, 2.05) is 65.1 Å². The molecule has 0 bridgehead atoms. The van der Waals surface area contributed by atoms with Gasteiger partial charge in [0.15, 0.2) is 0 Å². The third-order valence-electron chi connectivity index (χ3n) is 3.08. The van der Waals surface area contributed by atoms with Gasteiger partial charge in [-0.25, -0.2) is 4.79 Å². The molecule has 4 nitrogen and oxygen atoms in total. The van der Waals surface area contributed by atoms with E-state index in [0.29, 0.717) is 13.2 Å². The van der Waals surface area contributed by atoms with Crippen molar-refractivity contribution in [2.45, 2.75) is 39.3 Å². The molecule has 0 aliphatic rings. The molecule has 0 saturated heterocycles. The van der Waals surface area contributed by atoms with E-state index in [1.165, 1.54) is 0 Å². The van der Waals surface area contributed by atoms with Gasteiger partial charge < -0.3 is 9.64 Å². The normalized spacial score (nSPS) is 13.9. The molecule has 0 amide bonds. The molecule has 1 aromatic rings. The fourth-order valence-electron chi connectivity index (χ4n) is 2.34. The van der Waals surface area contributed by atoms with Gasteiger partial charge in [0, 0.05) is 25.3 Å². The summed E-state index contributed by atoms with van der Waals surface area (Å²) in [6, 6.07) is 10.2. The van der Waals surface area contributed by atoms with Crippen LogP contribution in [-0.4, -0.2) is 37.7 Å². The van der Waals surface area contributed by atoms with Gasteiger partial charge >= 0.3 is 5.97 Å². The molecular weight excluding hydrogens is 252 g/mol. The molecule has 0 radical (unpaired) electrons. The first-order valence-electron chi connectivity index (χ1n) is 7.10. The van der Waals surface area contributed by atoms with Crippen molar-refractivity contribution >= 4 is 11.7 Å². The Bertz CT molecular complexity index is 420. The zero-order valence-corrected chi connectivity index (χ0v) is 13.1. The fourth-order valence-corrected chi connectivity index (χ4v) is 2.34. The van der Waals surface area contributed by atoms with E-state index in [4.69, 9.17) is 4.74 Å². The Morgan fingerprint density at radius 2 is 1.95 bits per heavy atom. The predicted molar refractivity (Wildman–Crippen MR) is 83.0 cm³/mol. The topological polar surface area (TPSA) is 41.6 Å². The molecule has 0 saturated carbocycles. The molecule has 0 fully saturated rings. The summed E-state index contributed by atoms with van der Waals surface area (Å²) in [6.45, 7) is 8.72. The minimum absolute atomic E-state index is 0.202. The van der Waals surface area contributed by atoms with Crippen LogP contribution in [0.3, 0.4) is 0 Å². The van der Waals surface area contributed by atoms with Crippen molar-refractivity contribution < 1.29 is 9.53 Å². The maximum Gasteiger partial charge on any atom is 0.327 e. The highest BCUT2D eigenvalue weighted by atomic mass is 16.5. The Kier molecular flexibility index (Phi) is 6.02. The van der Waals surface area contributed by atoms with Crippen LogP contribution in [-0.2, 0) is 9.53 Å². The number of carbonyl (C=O) groups excluding carboxylic acids is 1. The van der Waals surface area contributed by atoms with Gasteiger partial charge in [0.25, 0.3) is 0 Å². The first-order chi connectivity index (χ1) is 9.39. The van der Waals surface area contributed by atoms with Gasteiger partial charge in [-0.15, -0.1) is 0 Å². The van der Waals surface area contributed by atoms with Crippen molar-refractivity contribution in [1.82, 2.24) is 5.32 Å². The third-order valence-corrected chi connectivity index (χ3v) is 3.08. The second-order valence-electron chi connectivity index (χ2n) is 5.54. The lowest BCUT2D eigenvalue weighted by Gasteiger charge is -2.35. The number of esters is 1. The summed E-state index contributed by atoms with van der Waals surface area (Å²) >= 11 is 0. The zero-order valence-electron chi connectivity index (χ0n) is 13.1. The summed E-state index contributed by atoms with van der Waals surface area (Å²) in [5.41, 5.74) is 0.350. The number of benzene rings is 1. The highest BCUT2D eigenvalue weighted by molar-refractivity contribution is 5.81. The van der Waals surface area contributed by atoms with Gasteiger partial charge in [-0.1, -0.05) is 18.2 Å². The largest absolute Gasteiger partial charge is 0.465 e. The number of ether oxygens (including phenoxy) is 1. The highest BCUT2D eigenvalue weighted by Crippen LogP contribution is 2.17. The Labute approximate surface area is 122 Å². The molecule has 0 heterocycles. The SMILES string of the molecule is CCOC(=O)C(C)(CN(C)c1ccccc1)NC(C)C. The van der Waals surface area contributed by atoms with Gasteiger partial charge in [-0.05, 0) is 39.8 Å². The van der Waals surface area contributed by atoms with Gasteiger partial charge in [0.05, 0.1) is 6.61 Å². The summed E-state index contributed by atoms with van der Waals surface area (Å²) in [7, 11) is 1.98. The molecule has 4 heteroatoms. The van der Waals surface area contributed by atoms with Crippen LogP contribution in [0, 0.1) is 0 Å². The zero-order chi connectivity index (χ0) is 15.2. The number of nitrogens with one attached hydrogen (secondary N) is 1. The summed E-state index contributed by atoms with van der Waals surface area (Å²) in [4.78, 5) is 14.3. The number of likely N-dealkylation sites (N-methyl/N-ethyl adjacent to an activating group) is 1. The van der Waals surface area contributed by atoms with Crippen LogP contribution < -0.4 is 10.2 Å². The number of hydrogen-bond acceptors (Lipinski definition) is 4. The third kappa shape index (κ3) is 4.53. The van der Waals surface area contributed by atoms with Crippen molar-refractivity contribution in [2.24, 2.45) is 0 Å². The lowest BCUT2D eigenvalue weighted by Crippen LogP contribution is -2.59. The molecule has 0 aliphatic carbocycles. The van der Waals surface area contributed by atoms with Crippen molar-refractivity contribution in [2.75, 3.05) is 25.1 Å². The van der Waals surface area contributed by atoms with E-state index in [9.17, 15) is 4.79 Å². The van der Waals surface area contributed by atoms with E-state index in [2.05, 4.69) is 10.2 Å². The van der Waals surface area contributed by atoms with Crippen LogP contribution in [0.15, 0.2) is 30.3 Å². The molecule has 1 N–H and O–H groups in total. The van der Waals surface area contributed by atoms with Crippen LogP contribution >= 0.6 is 0 Å². The Morgan fingerprint density at radius 3 is 2.45 bits per heavy atom. The first-order valence-corrected chi connectivity index (χ1v) is 7.10. The maximum absolute atomic E-state index is 12.3. The Balaban J connectivity index is 2.86. The van der Waals surface area contributed by atoms with E-state index in [0.717, 1.165) is 5.69 Å². The number of anilines is 1. The average Bonchev–Trinajstić information content (AvgIpc) is 2.39.